The molecule has 7 nitrogen and oxygen atoms in total. The smallest absolute Gasteiger partial charge is 0.328 e. The predicted molar refractivity (Wildman–Crippen MR) is 109 cm³/mol. The molecule has 1 atom stereocenters. The fraction of sp³-hybridized carbons (Fsp3) is 0.579. The van der Waals surface area contributed by atoms with E-state index in [0.29, 0.717) is 10.7 Å². The fourth-order valence-corrected chi connectivity index (χ4v) is 3.38. The summed E-state index contributed by atoms with van der Waals surface area (Å²) in [5.41, 5.74) is 1.54. The molecule has 1 heterocycles. The summed E-state index contributed by atoms with van der Waals surface area (Å²) in [6.45, 7) is 10.8. The largest absolute Gasteiger partial charge is 0.467 e. The van der Waals surface area contributed by atoms with Crippen molar-refractivity contribution in [2.45, 2.75) is 26.8 Å². The molecule has 1 saturated heterocycles. The van der Waals surface area contributed by atoms with Crippen LogP contribution in [0, 0.1) is 5.92 Å². The number of esters is 1. The number of amides is 2. The Kier molecular flexibility index (Phi) is 7.74. The van der Waals surface area contributed by atoms with Gasteiger partial charge in [0.1, 0.15) is 6.04 Å². The van der Waals surface area contributed by atoms with Crippen LogP contribution in [-0.2, 0) is 9.53 Å². The van der Waals surface area contributed by atoms with Crippen molar-refractivity contribution in [3.05, 3.63) is 23.2 Å². The van der Waals surface area contributed by atoms with Gasteiger partial charge in [-0.25, -0.2) is 9.59 Å². The molecule has 0 bridgehead atoms. The molecule has 1 aromatic carbocycles. The second-order valence-corrected chi connectivity index (χ2v) is 7.34. The van der Waals surface area contributed by atoms with Crippen molar-refractivity contribution in [3.8, 4) is 0 Å². The van der Waals surface area contributed by atoms with Crippen LogP contribution >= 0.6 is 11.6 Å². The van der Waals surface area contributed by atoms with Gasteiger partial charge in [-0.15, -0.1) is 0 Å². The fourth-order valence-electron chi connectivity index (χ4n) is 3.08. The van der Waals surface area contributed by atoms with E-state index in [1.165, 1.54) is 7.11 Å². The highest BCUT2D eigenvalue weighted by atomic mass is 35.5. The van der Waals surface area contributed by atoms with E-state index in [0.717, 1.165) is 38.4 Å². The summed E-state index contributed by atoms with van der Waals surface area (Å²) in [7, 11) is 1.30. The standard InChI is InChI=1S/C19H29ClN4O3/c1-5-23-8-10-24(11-9-23)16-7-6-14(12-15(16)20)21-19(26)22-17(13(2)3)18(25)27-4/h6-7,12-13,17H,5,8-11H2,1-4H3,(H2,21,22,26). The number of piperazine rings is 1. The molecule has 1 fully saturated rings. The lowest BCUT2D eigenvalue weighted by atomic mass is 10.1. The molecule has 150 valence electrons. The summed E-state index contributed by atoms with van der Waals surface area (Å²) in [5, 5.41) is 5.95. The van der Waals surface area contributed by atoms with Crippen molar-refractivity contribution in [1.82, 2.24) is 10.2 Å². The molecule has 0 aromatic heterocycles. The zero-order valence-electron chi connectivity index (χ0n) is 16.4. The van der Waals surface area contributed by atoms with E-state index in [1.807, 2.05) is 26.0 Å². The number of ether oxygens (including phenoxy) is 1. The van der Waals surface area contributed by atoms with Crippen molar-refractivity contribution < 1.29 is 14.3 Å². The first-order valence-electron chi connectivity index (χ1n) is 9.27. The monoisotopic (exact) mass is 396 g/mol. The molecule has 2 N–H and O–H groups in total. The lowest BCUT2D eigenvalue weighted by Crippen LogP contribution is -2.46. The number of methoxy groups -OCH3 is 1. The van der Waals surface area contributed by atoms with Crippen LogP contribution in [-0.4, -0.2) is 62.8 Å². The predicted octanol–water partition coefficient (Wildman–Crippen LogP) is 2.80. The van der Waals surface area contributed by atoms with Crippen molar-refractivity contribution >= 4 is 35.0 Å². The van der Waals surface area contributed by atoms with Crippen molar-refractivity contribution in [1.29, 1.82) is 0 Å². The number of rotatable bonds is 6. The Morgan fingerprint density at radius 1 is 1.22 bits per heavy atom. The van der Waals surface area contributed by atoms with Crippen LogP contribution < -0.4 is 15.5 Å². The highest BCUT2D eigenvalue weighted by Gasteiger charge is 2.25. The molecule has 27 heavy (non-hydrogen) atoms. The van der Waals surface area contributed by atoms with Gasteiger partial charge in [-0.2, -0.15) is 0 Å². The van der Waals surface area contributed by atoms with Gasteiger partial charge < -0.3 is 25.2 Å². The number of anilines is 2. The number of hydrogen-bond donors (Lipinski definition) is 2. The summed E-state index contributed by atoms with van der Waals surface area (Å²) >= 11 is 6.44. The van der Waals surface area contributed by atoms with Crippen molar-refractivity contribution in [3.63, 3.8) is 0 Å². The van der Waals surface area contributed by atoms with Crippen molar-refractivity contribution in [2.24, 2.45) is 5.92 Å². The van der Waals surface area contributed by atoms with E-state index in [1.54, 1.807) is 6.07 Å². The Morgan fingerprint density at radius 2 is 1.89 bits per heavy atom. The van der Waals surface area contributed by atoms with Gasteiger partial charge in [0.15, 0.2) is 0 Å². The average Bonchev–Trinajstić information content (AvgIpc) is 2.65. The highest BCUT2D eigenvalue weighted by molar-refractivity contribution is 6.33. The molecular weight excluding hydrogens is 368 g/mol. The molecule has 1 aromatic rings. The molecule has 2 rings (SSSR count). The first kappa shape index (κ1) is 21.3. The molecule has 0 saturated carbocycles. The number of benzene rings is 1. The summed E-state index contributed by atoms with van der Waals surface area (Å²) in [6, 6.07) is 4.28. The van der Waals surface area contributed by atoms with Gasteiger partial charge in [0, 0.05) is 31.9 Å². The summed E-state index contributed by atoms with van der Waals surface area (Å²) in [6.07, 6.45) is 0. The van der Waals surface area contributed by atoms with Crippen LogP contribution in [0.1, 0.15) is 20.8 Å². The van der Waals surface area contributed by atoms with Gasteiger partial charge in [-0.05, 0) is 30.7 Å². The maximum atomic E-state index is 12.2. The number of nitrogens with one attached hydrogen (secondary N) is 2. The average molecular weight is 397 g/mol. The van der Waals surface area contributed by atoms with Crippen LogP contribution in [0.2, 0.25) is 5.02 Å². The Balaban J connectivity index is 1.99. The zero-order valence-corrected chi connectivity index (χ0v) is 17.2. The van der Waals surface area contributed by atoms with E-state index in [2.05, 4.69) is 27.4 Å². The highest BCUT2D eigenvalue weighted by Crippen LogP contribution is 2.29. The number of likely N-dealkylation sites (N-methyl/N-ethyl adjacent to an activating group) is 1. The van der Waals surface area contributed by atoms with Crippen LogP contribution in [0.5, 0.6) is 0 Å². The Hall–Kier alpha value is -1.99. The summed E-state index contributed by atoms with van der Waals surface area (Å²) in [4.78, 5) is 28.6. The first-order chi connectivity index (χ1) is 12.8. The summed E-state index contributed by atoms with van der Waals surface area (Å²) in [5.74, 6) is -0.560. The van der Waals surface area contributed by atoms with Gasteiger partial charge in [0.05, 0.1) is 17.8 Å². The second-order valence-electron chi connectivity index (χ2n) is 6.93. The number of hydrogen-bond acceptors (Lipinski definition) is 5. The quantitative estimate of drug-likeness (QED) is 0.723. The Bertz CT molecular complexity index is 660. The summed E-state index contributed by atoms with van der Waals surface area (Å²) < 4.78 is 4.73. The third-order valence-electron chi connectivity index (χ3n) is 4.77. The molecule has 2 amide bonds. The van der Waals surface area contributed by atoms with E-state index in [9.17, 15) is 9.59 Å². The van der Waals surface area contributed by atoms with Crippen LogP contribution in [0.4, 0.5) is 16.2 Å². The van der Waals surface area contributed by atoms with Crippen LogP contribution in [0.3, 0.4) is 0 Å². The molecule has 0 radical (unpaired) electrons. The molecule has 1 aliphatic rings. The van der Waals surface area contributed by atoms with Gasteiger partial charge >= 0.3 is 12.0 Å². The van der Waals surface area contributed by atoms with E-state index in [4.69, 9.17) is 16.3 Å². The maximum absolute atomic E-state index is 12.2. The minimum absolute atomic E-state index is 0.0871. The number of carbonyl (C=O) groups is 2. The minimum atomic E-state index is -0.709. The van der Waals surface area contributed by atoms with E-state index < -0.39 is 18.0 Å². The lowest BCUT2D eigenvalue weighted by Gasteiger charge is -2.36. The molecule has 1 aliphatic heterocycles. The molecule has 8 heteroatoms. The van der Waals surface area contributed by atoms with Gasteiger partial charge in [-0.3, -0.25) is 0 Å². The van der Waals surface area contributed by atoms with Crippen LogP contribution in [0.15, 0.2) is 18.2 Å². The zero-order chi connectivity index (χ0) is 20.0. The molecular formula is C19H29ClN4O3. The normalized spacial score (nSPS) is 16.1. The molecule has 0 aliphatic carbocycles. The second kappa shape index (κ2) is 9.80. The SMILES string of the molecule is CCN1CCN(c2ccc(NC(=O)NC(C(=O)OC)C(C)C)cc2Cl)CC1. The van der Waals surface area contributed by atoms with E-state index in [-0.39, 0.29) is 5.92 Å². The minimum Gasteiger partial charge on any atom is -0.467 e. The maximum Gasteiger partial charge on any atom is 0.328 e. The third kappa shape index (κ3) is 5.74. The van der Waals surface area contributed by atoms with Gasteiger partial charge in [0.2, 0.25) is 0 Å². The van der Waals surface area contributed by atoms with Crippen LogP contribution in [0.25, 0.3) is 0 Å². The Morgan fingerprint density at radius 3 is 2.41 bits per heavy atom. The lowest BCUT2D eigenvalue weighted by molar-refractivity contribution is -0.143. The number of carbonyl (C=O) groups excluding carboxylic acids is 2. The number of urea groups is 1. The van der Waals surface area contributed by atoms with Crippen molar-refractivity contribution in [2.75, 3.05) is 50.1 Å². The molecule has 1 unspecified atom stereocenters. The number of nitrogens with zero attached hydrogens (tertiary/aromatic N) is 2. The molecule has 0 spiro atoms. The van der Waals surface area contributed by atoms with E-state index >= 15 is 0 Å². The van der Waals surface area contributed by atoms with Gasteiger partial charge in [-0.1, -0.05) is 32.4 Å². The topological polar surface area (TPSA) is 73.9 Å². The van der Waals surface area contributed by atoms with Gasteiger partial charge in [0.25, 0.3) is 0 Å². The third-order valence-corrected chi connectivity index (χ3v) is 5.08. The number of halogens is 1. The first-order valence-corrected chi connectivity index (χ1v) is 9.65. The Labute approximate surface area is 166 Å².